The lowest BCUT2D eigenvalue weighted by molar-refractivity contribution is 0.523. The lowest BCUT2D eigenvalue weighted by atomic mass is 10.2. The molecule has 0 fully saturated rings. The van der Waals surface area contributed by atoms with Crippen molar-refractivity contribution in [2.75, 3.05) is 0 Å². The van der Waals surface area contributed by atoms with Gasteiger partial charge in [-0.05, 0) is 37.6 Å². The van der Waals surface area contributed by atoms with Gasteiger partial charge in [0.05, 0.1) is 12.2 Å². The lowest BCUT2D eigenvalue weighted by Crippen LogP contribution is -2.22. The fourth-order valence-corrected chi connectivity index (χ4v) is 3.20. The summed E-state index contributed by atoms with van der Waals surface area (Å²) in [7, 11) is 0. The number of nitrogens with zero attached hydrogens (tertiary/aromatic N) is 4. The van der Waals surface area contributed by atoms with Crippen molar-refractivity contribution in [3.8, 4) is 0 Å². The number of benzene rings is 1. The molecule has 0 spiro atoms. The molecular formula is C21H22N4O. The smallest absolute Gasteiger partial charge is 0.275 e. The molecule has 0 amide bonds. The summed E-state index contributed by atoms with van der Waals surface area (Å²) in [6.45, 7) is 5.34. The highest BCUT2D eigenvalue weighted by Gasteiger charge is 2.10. The van der Waals surface area contributed by atoms with Crippen LogP contribution in [0, 0.1) is 0 Å². The summed E-state index contributed by atoms with van der Waals surface area (Å²) in [5.41, 5.74) is 2.82. The highest BCUT2D eigenvalue weighted by atomic mass is 16.1. The number of hydrogen-bond acceptors (Lipinski definition) is 2. The second kappa shape index (κ2) is 6.67. The van der Waals surface area contributed by atoms with E-state index in [1.54, 1.807) is 4.57 Å². The average molecular weight is 346 g/mol. The summed E-state index contributed by atoms with van der Waals surface area (Å²) in [5.74, 6) is 0. The van der Waals surface area contributed by atoms with Gasteiger partial charge in [-0.2, -0.15) is 5.10 Å². The van der Waals surface area contributed by atoms with Crippen LogP contribution in [0.25, 0.3) is 10.9 Å². The summed E-state index contributed by atoms with van der Waals surface area (Å²) in [6.07, 6.45) is 5.80. The van der Waals surface area contributed by atoms with Gasteiger partial charge in [0.2, 0.25) is 0 Å². The molecule has 1 aromatic carbocycles. The molecule has 5 heteroatoms. The van der Waals surface area contributed by atoms with Crippen molar-refractivity contribution in [3.05, 3.63) is 88.7 Å². The standard InChI is InChI=1S/C21H22N4O/c1-16(2)25-13-10-19(22-25)15-24-12-9-18-8-11-23(20(18)21(24)26)14-17-6-4-3-5-7-17/h3-13,16H,14-15H2,1-2H3. The molecule has 0 aliphatic heterocycles. The second-order valence-corrected chi connectivity index (χ2v) is 6.86. The first-order chi connectivity index (χ1) is 12.6. The molecule has 0 bridgehead atoms. The van der Waals surface area contributed by atoms with Gasteiger partial charge in [0.25, 0.3) is 5.56 Å². The molecule has 3 heterocycles. The average Bonchev–Trinajstić information content (AvgIpc) is 3.26. The Kier molecular flexibility index (Phi) is 4.21. The molecule has 4 rings (SSSR count). The molecule has 0 radical (unpaired) electrons. The molecule has 0 N–H and O–H groups in total. The van der Waals surface area contributed by atoms with E-state index in [9.17, 15) is 4.79 Å². The van der Waals surface area contributed by atoms with E-state index in [-0.39, 0.29) is 5.56 Å². The van der Waals surface area contributed by atoms with Gasteiger partial charge in [-0.3, -0.25) is 9.48 Å². The molecule has 0 aliphatic rings. The SMILES string of the molecule is CC(C)n1ccc(Cn2ccc3ccn(Cc4ccccc4)c3c2=O)n1. The summed E-state index contributed by atoms with van der Waals surface area (Å²) in [4.78, 5) is 13.1. The van der Waals surface area contributed by atoms with E-state index in [1.807, 2.05) is 64.2 Å². The van der Waals surface area contributed by atoms with Gasteiger partial charge in [0, 0.05) is 36.6 Å². The third-order valence-electron chi connectivity index (χ3n) is 4.61. The van der Waals surface area contributed by atoms with E-state index in [1.165, 1.54) is 5.56 Å². The third-order valence-corrected chi connectivity index (χ3v) is 4.61. The van der Waals surface area contributed by atoms with Crippen LogP contribution in [0.1, 0.15) is 31.1 Å². The maximum Gasteiger partial charge on any atom is 0.275 e. The van der Waals surface area contributed by atoms with Gasteiger partial charge in [0.15, 0.2) is 0 Å². The maximum atomic E-state index is 13.1. The third kappa shape index (κ3) is 3.08. The van der Waals surface area contributed by atoms with Crippen LogP contribution in [0.5, 0.6) is 0 Å². The monoisotopic (exact) mass is 346 g/mol. The molecule has 0 saturated carbocycles. The van der Waals surface area contributed by atoms with Crippen molar-refractivity contribution in [2.24, 2.45) is 0 Å². The molecular weight excluding hydrogens is 324 g/mol. The number of aromatic nitrogens is 4. The summed E-state index contributed by atoms with van der Waals surface area (Å²) in [5, 5.41) is 5.52. The Balaban J connectivity index is 1.69. The molecule has 0 unspecified atom stereocenters. The van der Waals surface area contributed by atoms with Crippen LogP contribution in [-0.2, 0) is 13.1 Å². The first kappa shape index (κ1) is 16.4. The number of hydrogen-bond donors (Lipinski definition) is 0. The zero-order chi connectivity index (χ0) is 18.1. The Hall–Kier alpha value is -3.08. The van der Waals surface area contributed by atoms with Gasteiger partial charge >= 0.3 is 0 Å². The van der Waals surface area contributed by atoms with Crippen molar-refractivity contribution in [2.45, 2.75) is 33.0 Å². The highest BCUT2D eigenvalue weighted by Crippen LogP contribution is 2.14. The second-order valence-electron chi connectivity index (χ2n) is 6.86. The molecule has 0 atom stereocenters. The quantitative estimate of drug-likeness (QED) is 0.553. The van der Waals surface area contributed by atoms with Crippen molar-refractivity contribution in [1.82, 2.24) is 18.9 Å². The van der Waals surface area contributed by atoms with Gasteiger partial charge in [-0.1, -0.05) is 30.3 Å². The fourth-order valence-electron chi connectivity index (χ4n) is 3.20. The number of pyridine rings is 1. The van der Waals surface area contributed by atoms with E-state index < -0.39 is 0 Å². The van der Waals surface area contributed by atoms with E-state index in [4.69, 9.17) is 0 Å². The van der Waals surface area contributed by atoms with Crippen molar-refractivity contribution < 1.29 is 0 Å². The Morgan fingerprint density at radius 1 is 0.885 bits per heavy atom. The van der Waals surface area contributed by atoms with Crippen LogP contribution in [0.15, 0.2) is 71.9 Å². The predicted molar refractivity (Wildman–Crippen MR) is 103 cm³/mol. The first-order valence-electron chi connectivity index (χ1n) is 8.88. The van der Waals surface area contributed by atoms with Gasteiger partial charge in [-0.25, -0.2) is 0 Å². The minimum absolute atomic E-state index is 0.0162. The normalized spacial score (nSPS) is 11.5. The van der Waals surface area contributed by atoms with Crippen LogP contribution < -0.4 is 5.56 Å². The molecule has 3 aromatic heterocycles. The van der Waals surface area contributed by atoms with Crippen molar-refractivity contribution in [3.63, 3.8) is 0 Å². The number of rotatable bonds is 5. The minimum Gasteiger partial charge on any atom is -0.339 e. The topological polar surface area (TPSA) is 44.8 Å². The van der Waals surface area contributed by atoms with E-state index in [0.29, 0.717) is 19.1 Å². The molecule has 5 nitrogen and oxygen atoms in total. The Morgan fingerprint density at radius 3 is 2.31 bits per heavy atom. The van der Waals surface area contributed by atoms with Crippen LogP contribution in [0.3, 0.4) is 0 Å². The largest absolute Gasteiger partial charge is 0.339 e. The first-order valence-corrected chi connectivity index (χ1v) is 8.88. The van der Waals surface area contributed by atoms with Gasteiger partial charge in [-0.15, -0.1) is 0 Å². The molecule has 26 heavy (non-hydrogen) atoms. The lowest BCUT2D eigenvalue weighted by Gasteiger charge is -2.08. The maximum absolute atomic E-state index is 13.1. The molecule has 132 valence electrons. The summed E-state index contributed by atoms with van der Waals surface area (Å²) < 4.78 is 5.67. The van der Waals surface area contributed by atoms with E-state index in [0.717, 1.165) is 16.6 Å². The Bertz CT molecular complexity index is 1090. The molecule has 4 aromatic rings. The minimum atomic E-state index is 0.0162. The predicted octanol–water partition coefficient (Wildman–Crippen LogP) is 3.68. The van der Waals surface area contributed by atoms with Crippen LogP contribution in [0.2, 0.25) is 0 Å². The zero-order valence-electron chi connectivity index (χ0n) is 15.0. The van der Waals surface area contributed by atoms with Gasteiger partial charge < -0.3 is 9.13 Å². The molecule has 0 aliphatic carbocycles. The van der Waals surface area contributed by atoms with Crippen LogP contribution in [0.4, 0.5) is 0 Å². The highest BCUT2D eigenvalue weighted by molar-refractivity contribution is 5.79. The molecule has 0 saturated heterocycles. The van der Waals surface area contributed by atoms with E-state index >= 15 is 0 Å². The summed E-state index contributed by atoms with van der Waals surface area (Å²) >= 11 is 0. The Morgan fingerprint density at radius 2 is 1.62 bits per heavy atom. The fraction of sp³-hybridized carbons (Fsp3) is 0.238. The van der Waals surface area contributed by atoms with Crippen molar-refractivity contribution in [1.29, 1.82) is 0 Å². The Labute approximate surface area is 152 Å². The van der Waals surface area contributed by atoms with Gasteiger partial charge in [0.1, 0.15) is 5.52 Å². The van der Waals surface area contributed by atoms with Crippen LogP contribution in [-0.4, -0.2) is 18.9 Å². The number of fused-ring (bicyclic) bond motifs is 1. The summed E-state index contributed by atoms with van der Waals surface area (Å²) in [6, 6.07) is 16.5. The zero-order valence-corrected chi connectivity index (χ0v) is 15.0. The van der Waals surface area contributed by atoms with Crippen molar-refractivity contribution >= 4 is 10.9 Å². The van der Waals surface area contributed by atoms with E-state index in [2.05, 4.69) is 31.1 Å². The van der Waals surface area contributed by atoms with Crippen LogP contribution >= 0.6 is 0 Å².